The van der Waals surface area contributed by atoms with Gasteiger partial charge in [-0.2, -0.15) is 0 Å². The van der Waals surface area contributed by atoms with Crippen molar-refractivity contribution < 1.29 is 4.90 Å². The summed E-state index contributed by atoms with van der Waals surface area (Å²) >= 11 is 1.78. The number of aryl methyl sites for hydroxylation is 2. The SMILES string of the molecule is CC[NH+]1CCN(c2ncnc3sc(C)c(C)c23)CC1. The third-order valence-corrected chi connectivity index (χ3v) is 5.33. The van der Waals surface area contributed by atoms with Gasteiger partial charge in [0.1, 0.15) is 17.0 Å². The Labute approximate surface area is 118 Å². The first kappa shape index (κ1) is 12.8. The number of rotatable bonds is 2. The smallest absolute Gasteiger partial charge is 0.141 e. The lowest BCUT2D eigenvalue weighted by Crippen LogP contribution is -3.14. The molecule has 0 radical (unpaired) electrons. The summed E-state index contributed by atoms with van der Waals surface area (Å²) in [4.78, 5) is 15.6. The standard InChI is InChI=1S/C14H20N4S/c1-4-17-5-7-18(8-6-17)13-12-10(2)11(3)19-14(12)16-9-15-13/h9H,4-8H2,1-3H3/p+1. The van der Waals surface area contributed by atoms with Crippen molar-refractivity contribution in [3.8, 4) is 0 Å². The van der Waals surface area contributed by atoms with Gasteiger partial charge >= 0.3 is 0 Å². The lowest BCUT2D eigenvalue weighted by molar-refractivity contribution is -0.898. The monoisotopic (exact) mass is 277 g/mol. The van der Waals surface area contributed by atoms with Gasteiger partial charge in [0.05, 0.1) is 38.1 Å². The molecule has 1 N–H and O–H groups in total. The number of likely N-dealkylation sites (N-methyl/N-ethyl adjacent to an activating group) is 1. The van der Waals surface area contributed by atoms with Crippen LogP contribution in [0.4, 0.5) is 5.82 Å². The summed E-state index contributed by atoms with van der Waals surface area (Å²) in [6.45, 7) is 12.5. The first-order chi connectivity index (χ1) is 9.20. The number of piperazine rings is 1. The van der Waals surface area contributed by atoms with Crippen molar-refractivity contribution in [3.63, 3.8) is 0 Å². The highest BCUT2D eigenvalue weighted by Gasteiger charge is 2.23. The van der Waals surface area contributed by atoms with Crippen LogP contribution in [0.25, 0.3) is 10.2 Å². The highest BCUT2D eigenvalue weighted by atomic mass is 32.1. The first-order valence-corrected chi connectivity index (χ1v) is 7.81. The van der Waals surface area contributed by atoms with Crippen molar-refractivity contribution in [3.05, 3.63) is 16.8 Å². The van der Waals surface area contributed by atoms with Crippen LogP contribution in [0.1, 0.15) is 17.4 Å². The fraction of sp³-hybridized carbons (Fsp3) is 0.571. The summed E-state index contributed by atoms with van der Waals surface area (Å²) < 4.78 is 0. The van der Waals surface area contributed by atoms with Crippen LogP contribution < -0.4 is 9.80 Å². The third kappa shape index (κ3) is 2.21. The highest BCUT2D eigenvalue weighted by molar-refractivity contribution is 7.18. The van der Waals surface area contributed by atoms with E-state index in [4.69, 9.17) is 0 Å². The molecule has 3 heterocycles. The molecule has 0 unspecified atom stereocenters. The summed E-state index contributed by atoms with van der Waals surface area (Å²) in [6.07, 6.45) is 1.71. The molecule has 19 heavy (non-hydrogen) atoms. The molecule has 2 aromatic rings. The average Bonchev–Trinajstić information content (AvgIpc) is 2.74. The maximum atomic E-state index is 4.57. The number of hydrogen-bond acceptors (Lipinski definition) is 4. The Morgan fingerprint density at radius 3 is 2.68 bits per heavy atom. The Bertz CT molecular complexity index is 584. The normalized spacial score (nSPS) is 17.3. The number of aromatic nitrogens is 2. The molecule has 102 valence electrons. The van der Waals surface area contributed by atoms with Crippen molar-refractivity contribution in [1.82, 2.24) is 9.97 Å². The van der Waals surface area contributed by atoms with Crippen molar-refractivity contribution in [1.29, 1.82) is 0 Å². The molecule has 0 amide bonds. The lowest BCUT2D eigenvalue weighted by atomic mass is 10.2. The zero-order valence-electron chi connectivity index (χ0n) is 11.9. The van der Waals surface area contributed by atoms with E-state index in [1.165, 1.54) is 35.5 Å². The molecule has 1 aliphatic heterocycles. The molecular formula is C14H21N4S+. The Hall–Kier alpha value is -1.20. The average molecular weight is 277 g/mol. The summed E-state index contributed by atoms with van der Waals surface area (Å²) in [6, 6.07) is 0. The van der Waals surface area contributed by atoms with Gasteiger partial charge in [-0.1, -0.05) is 0 Å². The number of quaternary nitrogens is 1. The molecule has 0 saturated carbocycles. The molecule has 4 nitrogen and oxygen atoms in total. The second-order valence-corrected chi connectivity index (χ2v) is 6.45. The number of nitrogens with one attached hydrogen (secondary N) is 1. The summed E-state index contributed by atoms with van der Waals surface area (Å²) in [5.41, 5.74) is 1.35. The highest BCUT2D eigenvalue weighted by Crippen LogP contribution is 2.34. The van der Waals surface area contributed by atoms with E-state index in [1.54, 1.807) is 22.6 Å². The van der Waals surface area contributed by atoms with Crippen LogP contribution in [0.5, 0.6) is 0 Å². The maximum Gasteiger partial charge on any atom is 0.141 e. The summed E-state index contributed by atoms with van der Waals surface area (Å²) in [7, 11) is 0. The quantitative estimate of drug-likeness (QED) is 0.890. The number of fused-ring (bicyclic) bond motifs is 1. The topological polar surface area (TPSA) is 33.5 Å². The Morgan fingerprint density at radius 2 is 2.00 bits per heavy atom. The van der Waals surface area contributed by atoms with Gasteiger partial charge in [0.15, 0.2) is 0 Å². The molecule has 5 heteroatoms. The van der Waals surface area contributed by atoms with Crippen molar-refractivity contribution in [2.75, 3.05) is 37.6 Å². The molecular weight excluding hydrogens is 256 g/mol. The van der Waals surface area contributed by atoms with Gasteiger partial charge in [-0.05, 0) is 26.3 Å². The van der Waals surface area contributed by atoms with Gasteiger partial charge in [-0.3, -0.25) is 0 Å². The third-order valence-electron chi connectivity index (χ3n) is 4.22. The predicted octanol–water partition coefficient (Wildman–Crippen LogP) is 1.03. The van der Waals surface area contributed by atoms with E-state index in [0.29, 0.717) is 0 Å². The minimum Gasteiger partial charge on any atom is -0.345 e. The van der Waals surface area contributed by atoms with Gasteiger partial charge in [-0.25, -0.2) is 9.97 Å². The molecule has 0 aliphatic carbocycles. The van der Waals surface area contributed by atoms with Gasteiger partial charge < -0.3 is 9.80 Å². The molecule has 0 bridgehead atoms. The molecule has 1 saturated heterocycles. The predicted molar refractivity (Wildman–Crippen MR) is 80.3 cm³/mol. The fourth-order valence-corrected chi connectivity index (χ4v) is 3.78. The van der Waals surface area contributed by atoms with E-state index in [1.807, 2.05) is 0 Å². The van der Waals surface area contributed by atoms with Crippen LogP contribution in [0, 0.1) is 13.8 Å². The Balaban J connectivity index is 1.97. The van der Waals surface area contributed by atoms with E-state index in [0.717, 1.165) is 23.7 Å². The molecule has 2 aromatic heterocycles. The van der Waals surface area contributed by atoms with Crippen molar-refractivity contribution >= 4 is 27.4 Å². The van der Waals surface area contributed by atoms with Gasteiger partial charge in [0, 0.05) is 4.88 Å². The second kappa shape index (κ2) is 5.06. The molecule has 0 aromatic carbocycles. The molecule has 1 fully saturated rings. The van der Waals surface area contributed by atoms with Crippen molar-refractivity contribution in [2.45, 2.75) is 20.8 Å². The second-order valence-electron chi connectivity index (χ2n) is 5.25. The summed E-state index contributed by atoms with van der Waals surface area (Å²) in [5, 5.41) is 1.27. The van der Waals surface area contributed by atoms with E-state index < -0.39 is 0 Å². The largest absolute Gasteiger partial charge is 0.345 e. The van der Waals surface area contributed by atoms with Crippen LogP contribution in [0.3, 0.4) is 0 Å². The Morgan fingerprint density at radius 1 is 1.26 bits per heavy atom. The molecule has 0 spiro atoms. The lowest BCUT2D eigenvalue weighted by Gasteiger charge is -2.32. The molecule has 1 aliphatic rings. The Kier molecular flexibility index (Phi) is 3.41. The fourth-order valence-electron chi connectivity index (χ4n) is 2.79. The van der Waals surface area contributed by atoms with Crippen LogP contribution >= 0.6 is 11.3 Å². The zero-order valence-corrected chi connectivity index (χ0v) is 12.7. The zero-order chi connectivity index (χ0) is 13.4. The van der Waals surface area contributed by atoms with Gasteiger partial charge in [0.25, 0.3) is 0 Å². The van der Waals surface area contributed by atoms with Crippen LogP contribution in [0.15, 0.2) is 6.33 Å². The van der Waals surface area contributed by atoms with E-state index in [9.17, 15) is 0 Å². The van der Waals surface area contributed by atoms with Crippen molar-refractivity contribution in [2.24, 2.45) is 0 Å². The van der Waals surface area contributed by atoms with Crippen LogP contribution in [-0.4, -0.2) is 42.7 Å². The van der Waals surface area contributed by atoms with E-state index in [2.05, 4.69) is 35.6 Å². The molecule has 3 rings (SSSR count). The van der Waals surface area contributed by atoms with Crippen LogP contribution in [0.2, 0.25) is 0 Å². The van der Waals surface area contributed by atoms with Gasteiger partial charge in [0.2, 0.25) is 0 Å². The summed E-state index contributed by atoms with van der Waals surface area (Å²) in [5.74, 6) is 1.14. The van der Waals surface area contributed by atoms with E-state index >= 15 is 0 Å². The van der Waals surface area contributed by atoms with Gasteiger partial charge in [-0.15, -0.1) is 11.3 Å². The molecule has 0 atom stereocenters. The first-order valence-electron chi connectivity index (χ1n) is 7.00. The minimum atomic E-state index is 1.10. The number of nitrogens with zero attached hydrogens (tertiary/aromatic N) is 3. The number of anilines is 1. The number of hydrogen-bond donors (Lipinski definition) is 1. The van der Waals surface area contributed by atoms with E-state index in [-0.39, 0.29) is 0 Å². The number of thiophene rings is 1. The minimum absolute atomic E-state index is 1.10. The van der Waals surface area contributed by atoms with Crippen LogP contribution in [-0.2, 0) is 0 Å². The maximum absolute atomic E-state index is 4.57.